The molecule has 0 unspecified atom stereocenters. The van der Waals surface area contributed by atoms with E-state index in [0.29, 0.717) is 16.5 Å². The quantitative estimate of drug-likeness (QED) is 0.732. The Kier molecular flexibility index (Phi) is 3.81. The Morgan fingerprint density at radius 1 is 1.50 bits per heavy atom. The Bertz CT molecular complexity index is 345. The van der Waals surface area contributed by atoms with Crippen molar-refractivity contribution in [3.8, 4) is 0 Å². The van der Waals surface area contributed by atoms with Crippen LogP contribution in [-0.2, 0) is 0 Å². The second-order valence-electron chi connectivity index (χ2n) is 2.99. The maximum atomic E-state index is 12.6. The van der Waals surface area contributed by atoms with Crippen molar-refractivity contribution in [3.05, 3.63) is 40.4 Å². The average molecular weight is 261 g/mol. The molecule has 0 aliphatic rings. The fourth-order valence-corrected chi connectivity index (χ4v) is 1.61. The summed E-state index contributed by atoms with van der Waals surface area (Å²) < 4.78 is 26.0. The predicted octanol–water partition coefficient (Wildman–Crippen LogP) is 4.81. The monoisotopic (exact) mass is 260 g/mol. The molecule has 0 saturated heterocycles. The van der Waals surface area contributed by atoms with Crippen molar-refractivity contribution in [1.29, 1.82) is 0 Å². The summed E-state index contributed by atoms with van der Waals surface area (Å²) in [5, 5.41) is 0. The SMILES string of the molecule is C=C(CC)c1ccc(Br)cc1C(F)F. The summed E-state index contributed by atoms with van der Waals surface area (Å²) in [7, 11) is 0. The van der Waals surface area contributed by atoms with E-state index in [1.165, 1.54) is 6.07 Å². The van der Waals surface area contributed by atoms with Crippen LogP contribution in [0.15, 0.2) is 29.3 Å². The van der Waals surface area contributed by atoms with Crippen molar-refractivity contribution in [1.82, 2.24) is 0 Å². The highest BCUT2D eigenvalue weighted by Gasteiger charge is 2.14. The molecule has 0 aliphatic carbocycles. The van der Waals surface area contributed by atoms with Gasteiger partial charge in [0.1, 0.15) is 0 Å². The number of benzene rings is 1. The van der Waals surface area contributed by atoms with Crippen LogP contribution >= 0.6 is 15.9 Å². The van der Waals surface area contributed by atoms with Crippen molar-refractivity contribution in [2.24, 2.45) is 0 Å². The molecule has 0 heterocycles. The van der Waals surface area contributed by atoms with Crippen LogP contribution in [0.25, 0.3) is 5.57 Å². The molecule has 76 valence electrons. The lowest BCUT2D eigenvalue weighted by molar-refractivity contribution is 0.151. The molecule has 0 fully saturated rings. The Labute approximate surface area is 90.8 Å². The van der Waals surface area contributed by atoms with Crippen LogP contribution in [0.4, 0.5) is 8.78 Å². The molecule has 0 nitrogen and oxygen atoms in total. The van der Waals surface area contributed by atoms with E-state index in [1.807, 2.05) is 6.92 Å². The first-order valence-corrected chi connectivity index (χ1v) is 5.11. The minimum atomic E-state index is -2.45. The van der Waals surface area contributed by atoms with Crippen LogP contribution in [0, 0.1) is 0 Å². The number of alkyl halides is 2. The largest absolute Gasteiger partial charge is 0.264 e. The first kappa shape index (κ1) is 11.4. The maximum Gasteiger partial charge on any atom is 0.264 e. The first-order chi connectivity index (χ1) is 6.56. The minimum absolute atomic E-state index is 0.0474. The fraction of sp³-hybridized carbons (Fsp3) is 0.273. The van der Waals surface area contributed by atoms with Gasteiger partial charge in [-0.25, -0.2) is 8.78 Å². The lowest BCUT2D eigenvalue weighted by Crippen LogP contribution is -1.93. The summed E-state index contributed by atoms with van der Waals surface area (Å²) in [6.45, 7) is 5.67. The Balaban J connectivity index is 3.21. The van der Waals surface area contributed by atoms with Crippen LogP contribution in [-0.4, -0.2) is 0 Å². The molecule has 0 aliphatic heterocycles. The molecule has 3 heteroatoms. The van der Waals surface area contributed by atoms with Crippen LogP contribution in [0.3, 0.4) is 0 Å². The zero-order chi connectivity index (χ0) is 10.7. The fourth-order valence-electron chi connectivity index (χ4n) is 1.23. The molecule has 0 saturated carbocycles. The summed E-state index contributed by atoms with van der Waals surface area (Å²) in [5.41, 5.74) is 1.35. The second kappa shape index (κ2) is 4.69. The number of rotatable bonds is 3. The normalized spacial score (nSPS) is 10.6. The van der Waals surface area contributed by atoms with Gasteiger partial charge in [0.15, 0.2) is 0 Å². The molecule has 1 aromatic carbocycles. The molecule has 14 heavy (non-hydrogen) atoms. The van der Waals surface area contributed by atoms with Gasteiger partial charge in [-0.1, -0.05) is 35.5 Å². The summed E-state index contributed by atoms with van der Waals surface area (Å²) in [4.78, 5) is 0. The molecule has 0 bridgehead atoms. The number of hydrogen-bond donors (Lipinski definition) is 0. The van der Waals surface area contributed by atoms with Crippen LogP contribution in [0.2, 0.25) is 0 Å². The van der Waals surface area contributed by atoms with Crippen LogP contribution < -0.4 is 0 Å². The van der Waals surface area contributed by atoms with Crippen LogP contribution in [0.5, 0.6) is 0 Å². The molecule has 1 aromatic rings. The lowest BCUT2D eigenvalue weighted by Gasteiger charge is -2.10. The van der Waals surface area contributed by atoms with E-state index in [0.717, 1.165) is 5.57 Å². The Hall–Kier alpha value is -0.700. The average Bonchev–Trinajstić information content (AvgIpc) is 2.16. The number of allylic oxidation sites excluding steroid dienone is 1. The summed E-state index contributed by atoms with van der Waals surface area (Å²) >= 11 is 3.17. The number of hydrogen-bond acceptors (Lipinski definition) is 0. The van der Waals surface area contributed by atoms with E-state index in [2.05, 4.69) is 22.5 Å². The zero-order valence-electron chi connectivity index (χ0n) is 7.86. The van der Waals surface area contributed by atoms with Gasteiger partial charge in [-0.05, 0) is 29.7 Å². The van der Waals surface area contributed by atoms with E-state index in [1.54, 1.807) is 12.1 Å². The molecule has 0 amide bonds. The molecular weight excluding hydrogens is 250 g/mol. The van der Waals surface area contributed by atoms with Gasteiger partial charge >= 0.3 is 0 Å². The highest BCUT2D eigenvalue weighted by atomic mass is 79.9. The Morgan fingerprint density at radius 3 is 2.64 bits per heavy atom. The molecular formula is C11H11BrF2. The molecule has 0 N–H and O–H groups in total. The van der Waals surface area contributed by atoms with Gasteiger partial charge in [0.25, 0.3) is 6.43 Å². The van der Waals surface area contributed by atoms with Crippen molar-refractivity contribution in [3.63, 3.8) is 0 Å². The molecule has 0 radical (unpaired) electrons. The van der Waals surface area contributed by atoms with Gasteiger partial charge < -0.3 is 0 Å². The number of halogens is 3. The zero-order valence-corrected chi connectivity index (χ0v) is 9.44. The molecule has 0 spiro atoms. The van der Waals surface area contributed by atoms with Gasteiger partial charge in [0.2, 0.25) is 0 Å². The Morgan fingerprint density at radius 2 is 2.14 bits per heavy atom. The van der Waals surface area contributed by atoms with Gasteiger partial charge in [-0.2, -0.15) is 0 Å². The first-order valence-electron chi connectivity index (χ1n) is 4.32. The minimum Gasteiger partial charge on any atom is -0.205 e. The standard InChI is InChI=1S/C11H11BrF2/c1-3-7(2)9-5-4-8(12)6-10(9)11(13)14/h4-6,11H,2-3H2,1H3. The third-order valence-corrected chi connectivity index (χ3v) is 2.55. The van der Waals surface area contributed by atoms with Gasteiger partial charge in [0, 0.05) is 10.0 Å². The smallest absolute Gasteiger partial charge is 0.205 e. The van der Waals surface area contributed by atoms with Crippen molar-refractivity contribution in [2.75, 3.05) is 0 Å². The highest BCUT2D eigenvalue weighted by molar-refractivity contribution is 9.10. The van der Waals surface area contributed by atoms with E-state index >= 15 is 0 Å². The highest BCUT2D eigenvalue weighted by Crippen LogP contribution is 2.31. The second-order valence-corrected chi connectivity index (χ2v) is 3.91. The summed E-state index contributed by atoms with van der Waals surface area (Å²) in [6.07, 6.45) is -1.77. The summed E-state index contributed by atoms with van der Waals surface area (Å²) in [5.74, 6) is 0. The van der Waals surface area contributed by atoms with Gasteiger partial charge in [0.05, 0.1) is 0 Å². The third kappa shape index (κ3) is 2.41. The molecule has 1 rings (SSSR count). The molecule has 0 atom stereocenters. The van der Waals surface area contributed by atoms with Gasteiger partial charge in [-0.3, -0.25) is 0 Å². The van der Waals surface area contributed by atoms with E-state index in [-0.39, 0.29) is 5.56 Å². The molecule has 0 aromatic heterocycles. The van der Waals surface area contributed by atoms with E-state index < -0.39 is 6.43 Å². The maximum absolute atomic E-state index is 12.6. The van der Waals surface area contributed by atoms with Crippen LogP contribution in [0.1, 0.15) is 30.9 Å². The van der Waals surface area contributed by atoms with Crippen molar-refractivity contribution in [2.45, 2.75) is 19.8 Å². The lowest BCUT2D eigenvalue weighted by atomic mass is 9.99. The van der Waals surface area contributed by atoms with E-state index in [9.17, 15) is 8.78 Å². The predicted molar refractivity (Wildman–Crippen MR) is 58.4 cm³/mol. The summed E-state index contributed by atoms with van der Waals surface area (Å²) in [6, 6.07) is 4.88. The van der Waals surface area contributed by atoms with Crippen molar-refractivity contribution < 1.29 is 8.78 Å². The van der Waals surface area contributed by atoms with Crippen molar-refractivity contribution >= 4 is 21.5 Å². The topological polar surface area (TPSA) is 0 Å². The third-order valence-electron chi connectivity index (χ3n) is 2.06. The van der Waals surface area contributed by atoms with Gasteiger partial charge in [-0.15, -0.1) is 0 Å². The van der Waals surface area contributed by atoms with E-state index in [4.69, 9.17) is 0 Å².